The van der Waals surface area contributed by atoms with Crippen molar-refractivity contribution in [3.8, 4) is 0 Å². The number of aromatic nitrogens is 1. The first-order valence-corrected chi connectivity index (χ1v) is 7.63. The maximum Gasteiger partial charge on any atom is 0.252 e. The van der Waals surface area contributed by atoms with Crippen molar-refractivity contribution in [3.63, 3.8) is 0 Å². The van der Waals surface area contributed by atoms with Gasteiger partial charge < -0.3 is 10.3 Å². The summed E-state index contributed by atoms with van der Waals surface area (Å²) in [6, 6.07) is 12.7. The van der Waals surface area contributed by atoms with Crippen LogP contribution < -0.4 is 5.73 Å². The van der Waals surface area contributed by atoms with Crippen molar-refractivity contribution < 1.29 is 4.79 Å². The van der Waals surface area contributed by atoms with Gasteiger partial charge in [0.2, 0.25) is 0 Å². The Bertz CT molecular complexity index is 886. The summed E-state index contributed by atoms with van der Waals surface area (Å²) in [4.78, 5) is 11.7. The van der Waals surface area contributed by atoms with Crippen molar-refractivity contribution in [1.29, 1.82) is 0 Å². The molecule has 0 radical (unpaired) electrons. The number of halogens is 3. The molecule has 3 nitrogen and oxygen atoms in total. The molecule has 22 heavy (non-hydrogen) atoms. The zero-order valence-electron chi connectivity index (χ0n) is 11.3. The molecule has 112 valence electrons. The molecule has 0 unspecified atom stereocenters. The molecule has 2 N–H and O–H groups in total. The fourth-order valence-corrected chi connectivity index (χ4v) is 3.30. The van der Waals surface area contributed by atoms with Gasteiger partial charge >= 0.3 is 0 Å². The van der Waals surface area contributed by atoms with Gasteiger partial charge in [-0.25, -0.2) is 0 Å². The first-order valence-electron chi connectivity index (χ1n) is 6.49. The van der Waals surface area contributed by atoms with Gasteiger partial charge in [0.15, 0.2) is 0 Å². The lowest BCUT2D eigenvalue weighted by atomic mass is 10.2. The summed E-state index contributed by atoms with van der Waals surface area (Å²) in [5, 5.41) is 2.14. The quantitative estimate of drug-likeness (QED) is 0.726. The second-order valence-electron chi connectivity index (χ2n) is 4.87. The zero-order valence-corrected chi connectivity index (χ0v) is 13.6. The van der Waals surface area contributed by atoms with Crippen LogP contribution in [0.5, 0.6) is 0 Å². The van der Waals surface area contributed by atoms with Crippen molar-refractivity contribution in [2.75, 3.05) is 0 Å². The van der Waals surface area contributed by atoms with Gasteiger partial charge in [-0.2, -0.15) is 0 Å². The van der Waals surface area contributed by atoms with Crippen molar-refractivity contribution in [3.05, 3.63) is 68.8 Å². The number of amides is 1. The molecule has 0 atom stereocenters. The monoisotopic (exact) mass is 352 g/mol. The molecule has 0 spiro atoms. The van der Waals surface area contributed by atoms with Gasteiger partial charge in [-0.1, -0.05) is 59.1 Å². The number of para-hydroxylation sites is 1. The number of fused-ring (bicyclic) bond motifs is 1. The molecule has 2 aromatic carbocycles. The molecule has 1 heterocycles. The minimum atomic E-state index is -0.554. The first kappa shape index (κ1) is 15.2. The van der Waals surface area contributed by atoms with E-state index in [1.807, 2.05) is 34.9 Å². The second-order valence-corrected chi connectivity index (χ2v) is 6.07. The molecule has 0 aliphatic carbocycles. The van der Waals surface area contributed by atoms with Gasteiger partial charge in [0.05, 0.1) is 17.6 Å². The Balaban J connectivity index is 2.19. The van der Waals surface area contributed by atoms with Gasteiger partial charge in [-0.3, -0.25) is 4.79 Å². The van der Waals surface area contributed by atoms with Crippen LogP contribution in [-0.2, 0) is 6.54 Å². The van der Waals surface area contributed by atoms with E-state index >= 15 is 0 Å². The highest BCUT2D eigenvalue weighted by molar-refractivity contribution is 6.36. The van der Waals surface area contributed by atoms with E-state index in [9.17, 15) is 4.79 Å². The average molecular weight is 354 g/mol. The van der Waals surface area contributed by atoms with Crippen LogP contribution in [0.25, 0.3) is 10.9 Å². The van der Waals surface area contributed by atoms with Gasteiger partial charge in [0, 0.05) is 15.4 Å². The Hall–Kier alpha value is -1.68. The summed E-state index contributed by atoms with van der Waals surface area (Å²) >= 11 is 18.5. The van der Waals surface area contributed by atoms with E-state index in [2.05, 4.69) is 0 Å². The molecule has 1 aromatic heterocycles. The van der Waals surface area contributed by atoms with E-state index in [4.69, 9.17) is 40.5 Å². The van der Waals surface area contributed by atoms with Crippen molar-refractivity contribution >= 4 is 51.6 Å². The van der Waals surface area contributed by atoms with E-state index < -0.39 is 5.91 Å². The predicted octanol–water partition coefficient (Wildman–Crippen LogP) is 4.75. The van der Waals surface area contributed by atoms with Crippen LogP contribution in [0.3, 0.4) is 0 Å². The Labute approximate surface area is 142 Å². The van der Waals surface area contributed by atoms with Crippen LogP contribution in [0.4, 0.5) is 0 Å². The standard InChI is InChI=1S/C16H11Cl3N2O/c17-10-6-5-9(12(18)7-10)8-21-13-4-2-1-3-11(13)14(15(21)19)16(20)22/h1-7H,8H2,(H2,20,22). The van der Waals surface area contributed by atoms with E-state index in [1.165, 1.54) is 0 Å². The van der Waals surface area contributed by atoms with Crippen molar-refractivity contribution in [1.82, 2.24) is 4.57 Å². The Morgan fingerprint density at radius 2 is 1.82 bits per heavy atom. The van der Waals surface area contributed by atoms with E-state index in [-0.39, 0.29) is 0 Å². The zero-order chi connectivity index (χ0) is 15.9. The summed E-state index contributed by atoms with van der Waals surface area (Å²) in [6.07, 6.45) is 0. The second kappa shape index (κ2) is 5.84. The topological polar surface area (TPSA) is 48.0 Å². The Morgan fingerprint density at radius 1 is 1.09 bits per heavy atom. The van der Waals surface area contributed by atoms with Gasteiger partial charge in [-0.05, 0) is 23.8 Å². The van der Waals surface area contributed by atoms with Crippen molar-refractivity contribution in [2.45, 2.75) is 6.54 Å². The summed E-state index contributed by atoms with van der Waals surface area (Å²) in [5.41, 5.74) is 7.46. The van der Waals surface area contributed by atoms with Crippen LogP contribution in [0, 0.1) is 0 Å². The van der Waals surface area contributed by atoms with Crippen LogP contribution >= 0.6 is 34.8 Å². The normalized spacial score (nSPS) is 11.0. The number of hydrogen-bond acceptors (Lipinski definition) is 1. The molecule has 1 amide bonds. The number of rotatable bonds is 3. The Morgan fingerprint density at radius 3 is 2.50 bits per heavy atom. The van der Waals surface area contributed by atoms with Gasteiger partial charge in [-0.15, -0.1) is 0 Å². The number of nitrogens with two attached hydrogens (primary N) is 1. The highest BCUT2D eigenvalue weighted by Gasteiger charge is 2.19. The first-order chi connectivity index (χ1) is 10.5. The van der Waals surface area contributed by atoms with Crippen molar-refractivity contribution in [2.24, 2.45) is 5.73 Å². The van der Waals surface area contributed by atoms with Crippen LogP contribution in [0.1, 0.15) is 15.9 Å². The minimum Gasteiger partial charge on any atom is -0.365 e. The maximum absolute atomic E-state index is 11.7. The number of nitrogens with zero attached hydrogens (tertiary/aromatic N) is 1. The molecular weight excluding hydrogens is 343 g/mol. The lowest BCUT2D eigenvalue weighted by molar-refractivity contribution is 0.100. The molecule has 6 heteroatoms. The molecule has 0 aliphatic rings. The summed E-state index contributed by atoms with van der Waals surface area (Å²) in [7, 11) is 0. The number of carbonyl (C=O) groups is 1. The molecule has 3 rings (SSSR count). The molecule has 0 aliphatic heterocycles. The highest BCUT2D eigenvalue weighted by Crippen LogP contribution is 2.32. The summed E-state index contributed by atoms with van der Waals surface area (Å²) in [5.74, 6) is -0.554. The van der Waals surface area contributed by atoms with Crippen LogP contribution in [-0.4, -0.2) is 10.5 Å². The molecule has 0 bridgehead atoms. The van der Waals surface area contributed by atoms with Crippen LogP contribution in [0.15, 0.2) is 42.5 Å². The third-order valence-corrected chi connectivity index (χ3v) is 4.48. The fraction of sp³-hybridized carbons (Fsp3) is 0.0625. The van der Waals surface area contributed by atoms with E-state index in [0.29, 0.717) is 27.3 Å². The smallest absolute Gasteiger partial charge is 0.252 e. The van der Waals surface area contributed by atoms with Gasteiger partial charge in [0.1, 0.15) is 5.15 Å². The Kier molecular flexibility index (Phi) is 4.04. The van der Waals surface area contributed by atoms with Gasteiger partial charge in [0.25, 0.3) is 5.91 Å². The third kappa shape index (κ3) is 2.56. The van der Waals surface area contributed by atoms with E-state index in [0.717, 1.165) is 16.5 Å². The fourth-order valence-electron chi connectivity index (χ4n) is 2.48. The lowest BCUT2D eigenvalue weighted by Gasteiger charge is -2.09. The summed E-state index contributed by atoms with van der Waals surface area (Å²) in [6.45, 7) is 0.419. The lowest BCUT2D eigenvalue weighted by Crippen LogP contribution is -2.11. The number of benzene rings is 2. The largest absolute Gasteiger partial charge is 0.365 e. The predicted molar refractivity (Wildman–Crippen MR) is 91.0 cm³/mol. The average Bonchev–Trinajstić information content (AvgIpc) is 2.74. The maximum atomic E-state index is 11.7. The van der Waals surface area contributed by atoms with E-state index in [1.54, 1.807) is 12.1 Å². The highest BCUT2D eigenvalue weighted by atomic mass is 35.5. The number of primary amides is 1. The number of hydrogen-bond donors (Lipinski definition) is 1. The van der Waals surface area contributed by atoms with Crippen LogP contribution in [0.2, 0.25) is 15.2 Å². The number of carbonyl (C=O) groups excluding carboxylic acids is 1. The minimum absolute atomic E-state index is 0.305. The third-order valence-electron chi connectivity index (χ3n) is 3.50. The molecule has 0 saturated carbocycles. The summed E-state index contributed by atoms with van der Waals surface area (Å²) < 4.78 is 1.81. The molecule has 3 aromatic rings. The molecule has 0 saturated heterocycles. The molecular formula is C16H11Cl3N2O. The molecule has 0 fully saturated rings. The SMILES string of the molecule is NC(=O)c1c(Cl)n(Cc2ccc(Cl)cc2Cl)c2ccccc12.